The summed E-state index contributed by atoms with van der Waals surface area (Å²) in [5, 5.41) is 12.6. The van der Waals surface area contributed by atoms with Crippen LogP contribution in [-0.2, 0) is 6.54 Å². The summed E-state index contributed by atoms with van der Waals surface area (Å²) in [6.07, 6.45) is 1.96. The van der Waals surface area contributed by atoms with Crippen LogP contribution in [-0.4, -0.2) is 46.8 Å². The Morgan fingerprint density at radius 2 is 2.07 bits per heavy atom. The van der Waals surface area contributed by atoms with E-state index in [4.69, 9.17) is 0 Å². The number of aromatic nitrogens is 2. The normalized spacial score (nSPS) is 15.1. The van der Waals surface area contributed by atoms with Crippen LogP contribution < -0.4 is 15.6 Å². The number of carboxylic acids is 1. The number of carbonyl (C=O) groups is 1. The van der Waals surface area contributed by atoms with Gasteiger partial charge >= 0.3 is 5.97 Å². The quantitative estimate of drug-likeness (QED) is 0.654. The average Bonchev–Trinajstić information content (AvgIpc) is 2.97. The Hall–Kier alpha value is -3.07. The van der Waals surface area contributed by atoms with Crippen molar-refractivity contribution in [3.63, 3.8) is 0 Å². The van der Waals surface area contributed by atoms with Crippen LogP contribution in [0, 0.1) is 11.6 Å². The number of halogens is 2. The zero-order valence-electron chi connectivity index (χ0n) is 15.8. The summed E-state index contributed by atoms with van der Waals surface area (Å²) in [6.45, 7) is 4.48. The molecule has 1 aromatic carbocycles. The van der Waals surface area contributed by atoms with Gasteiger partial charge in [-0.15, -0.1) is 0 Å². The molecule has 0 aliphatic carbocycles. The van der Waals surface area contributed by atoms with Crippen molar-refractivity contribution < 1.29 is 18.7 Å². The highest BCUT2D eigenvalue weighted by Gasteiger charge is 2.23. The van der Waals surface area contributed by atoms with Gasteiger partial charge < -0.3 is 19.9 Å². The highest BCUT2D eigenvalue weighted by atomic mass is 19.1. The molecule has 0 bridgehead atoms. The Kier molecular flexibility index (Phi) is 4.91. The van der Waals surface area contributed by atoms with Crippen LogP contribution in [0.15, 0.2) is 23.1 Å². The van der Waals surface area contributed by atoms with E-state index in [9.17, 15) is 19.1 Å². The standard InChI is InChI=1S/C20H20F2N4O3/c1-2-25-10-13(20(28)29)18(27)12-8-11-9-14(21)17(15(22)16(11)24-19(12)25)26-6-3-4-23-5-7-26/h8-10,23H,2-7H2,1H3,(H,28,29). The lowest BCUT2D eigenvalue weighted by Gasteiger charge is -2.24. The molecule has 9 heteroatoms. The number of aromatic carboxylic acids is 1. The van der Waals surface area contributed by atoms with Gasteiger partial charge in [-0.25, -0.2) is 18.6 Å². The Bertz CT molecular complexity index is 1180. The minimum atomic E-state index is -1.36. The van der Waals surface area contributed by atoms with Crippen LogP contribution in [0.25, 0.3) is 21.9 Å². The molecule has 0 unspecified atom stereocenters. The number of hydrogen-bond acceptors (Lipinski definition) is 5. The SMILES string of the molecule is CCn1cc(C(=O)O)c(=O)c2cc3cc(F)c(N4CCCNCC4)c(F)c3nc21. The van der Waals surface area contributed by atoms with E-state index in [0.29, 0.717) is 26.2 Å². The third kappa shape index (κ3) is 3.21. The number of nitrogens with one attached hydrogen (secondary N) is 1. The Labute approximate surface area is 164 Å². The zero-order valence-corrected chi connectivity index (χ0v) is 15.8. The largest absolute Gasteiger partial charge is 0.477 e. The van der Waals surface area contributed by atoms with Gasteiger partial charge in [0.1, 0.15) is 28.2 Å². The molecule has 2 N–H and O–H groups in total. The van der Waals surface area contributed by atoms with Crippen LogP contribution in [0.2, 0.25) is 0 Å². The summed E-state index contributed by atoms with van der Waals surface area (Å²) in [5.74, 6) is -2.87. The number of carboxylic acid groups (broad SMARTS) is 1. The van der Waals surface area contributed by atoms with Crippen LogP contribution in [0.5, 0.6) is 0 Å². The topological polar surface area (TPSA) is 87.5 Å². The molecule has 0 atom stereocenters. The lowest BCUT2D eigenvalue weighted by Crippen LogP contribution is -2.29. The van der Waals surface area contributed by atoms with E-state index in [-0.39, 0.29) is 27.6 Å². The molecule has 152 valence electrons. The molecular weight excluding hydrogens is 382 g/mol. The lowest BCUT2D eigenvalue weighted by molar-refractivity contribution is 0.0695. The maximum absolute atomic E-state index is 15.4. The number of hydrogen-bond donors (Lipinski definition) is 2. The monoisotopic (exact) mass is 402 g/mol. The van der Waals surface area contributed by atoms with E-state index < -0.39 is 28.6 Å². The van der Waals surface area contributed by atoms with E-state index in [0.717, 1.165) is 19.0 Å². The number of benzene rings is 1. The molecule has 1 fully saturated rings. The van der Waals surface area contributed by atoms with Gasteiger partial charge in [-0.2, -0.15) is 0 Å². The molecule has 29 heavy (non-hydrogen) atoms. The molecule has 3 aromatic rings. The lowest BCUT2D eigenvalue weighted by atomic mass is 10.1. The van der Waals surface area contributed by atoms with Gasteiger partial charge in [0.2, 0.25) is 5.43 Å². The maximum Gasteiger partial charge on any atom is 0.341 e. The minimum absolute atomic E-state index is 0.0183. The van der Waals surface area contributed by atoms with Crippen LogP contribution in [0.4, 0.5) is 14.5 Å². The second kappa shape index (κ2) is 7.40. The maximum atomic E-state index is 15.4. The van der Waals surface area contributed by atoms with Gasteiger partial charge in [0.25, 0.3) is 0 Å². The van der Waals surface area contributed by atoms with Gasteiger partial charge in [-0.05, 0) is 32.0 Å². The van der Waals surface area contributed by atoms with E-state index in [1.165, 1.54) is 16.8 Å². The fourth-order valence-corrected chi connectivity index (χ4v) is 3.79. The molecule has 0 spiro atoms. The van der Waals surface area contributed by atoms with E-state index in [1.54, 1.807) is 11.8 Å². The smallest absolute Gasteiger partial charge is 0.341 e. The summed E-state index contributed by atoms with van der Waals surface area (Å²) in [7, 11) is 0. The highest BCUT2D eigenvalue weighted by Crippen LogP contribution is 2.31. The highest BCUT2D eigenvalue weighted by molar-refractivity contribution is 5.97. The molecule has 0 amide bonds. The molecule has 1 aliphatic heterocycles. The first kappa shape index (κ1) is 19.3. The van der Waals surface area contributed by atoms with Crippen LogP contribution in [0.1, 0.15) is 23.7 Å². The third-order valence-corrected chi connectivity index (χ3v) is 5.23. The van der Waals surface area contributed by atoms with Gasteiger partial charge in [0.15, 0.2) is 5.82 Å². The van der Waals surface area contributed by atoms with Gasteiger partial charge in [0, 0.05) is 37.8 Å². The molecule has 7 nitrogen and oxygen atoms in total. The van der Waals surface area contributed by atoms with Crippen molar-refractivity contribution in [3.05, 3.63) is 45.8 Å². The van der Waals surface area contributed by atoms with Gasteiger partial charge in [0.05, 0.1) is 5.39 Å². The van der Waals surface area contributed by atoms with E-state index >= 15 is 4.39 Å². The Balaban J connectivity index is 2.01. The molecular formula is C20H20F2N4O3. The Morgan fingerprint density at radius 1 is 1.28 bits per heavy atom. The van der Waals surface area contributed by atoms with Crippen molar-refractivity contribution in [2.75, 3.05) is 31.1 Å². The van der Waals surface area contributed by atoms with E-state index in [2.05, 4.69) is 10.3 Å². The summed E-state index contributed by atoms with van der Waals surface area (Å²) in [5.41, 5.74) is -1.13. The van der Waals surface area contributed by atoms with Crippen molar-refractivity contribution in [1.82, 2.24) is 14.9 Å². The third-order valence-electron chi connectivity index (χ3n) is 5.23. The average molecular weight is 402 g/mol. The number of aryl methyl sites for hydroxylation is 1. The number of nitrogens with zero attached hydrogens (tertiary/aromatic N) is 3. The van der Waals surface area contributed by atoms with Crippen molar-refractivity contribution >= 4 is 33.6 Å². The summed E-state index contributed by atoms with van der Waals surface area (Å²) in [6, 6.07) is 2.47. The molecule has 2 aromatic heterocycles. The first-order valence-corrected chi connectivity index (χ1v) is 9.47. The second-order valence-electron chi connectivity index (χ2n) is 7.01. The van der Waals surface area contributed by atoms with Crippen molar-refractivity contribution in [1.29, 1.82) is 0 Å². The Morgan fingerprint density at radius 3 is 2.79 bits per heavy atom. The van der Waals surface area contributed by atoms with Crippen molar-refractivity contribution in [3.8, 4) is 0 Å². The van der Waals surface area contributed by atoms with Gasteiger partial charge in [-0.1, -0.05) is 0 Å². The summed E-state index contributed by atoms with van der Waals surface area (Å²) < 4.78 is 31.7. The molecule has 1 aliphatic rings. The van der Waals surface area contributed by atoms with E-state index in [1.807, 2.05) is 0 Å². The number of anilines is 1. The summed E-state index contributed by atoms with van der Waals surface area (Å²) in [4.78, 5) is 29.9. The van der Waals surface area contributed by atoms with Gasteiger partial charge in [-0.3, -0.25) is 4.79 Å². The van der Waals surface area contributed by atoms with Crippen molar-refractivity contribution in [2.24, 2.45) is 0 Å². The molecule has 1 saturated heterocycles. The van der Waals surface area contributed by atoms with Crippen molar-refractivity contribution in [2.45, 2.75) is 19.9 Å². The first-order valence-electron chi connectivity index (χ1n) is 9.47. The fraction of sp³-hybridized carbons (Fsp3) is 0.350. The molecule has 0 saturated carbocycles. The predicted molar refractivity (Wildman–Crippen MR) is 106 cm³/mol. The number of pyridine rings is 2. The second-order valence-corrected chi connectivity index (χ2v) is 7.01. The predicted octanol–water partition coefficient (Wildman–Crippen LogP) is 2.35. The fourth-order valence-electron chi connectivity index (χ4n) is 3.79. The van der Waals surface area contributed by atoms with Crippen LogP contribution >= 0.6 is 0 Å². The minimum Gasteiger partial charge on any atom is -0.477 e. The molecule has 0 radical (unpaired) electrons. The zero-order chi connectivity index (χ0) is 20.7. The van der Waals surface area contributed by atoms with Crippen LogP contribution in [0.3, 0.4) is 0 Å². The molecule has 4 rings (SSSR count). The number of fused-ring (bicyclic) bond motifs is 2. The molecule has 3 heterocycles. The first-order chi connectivity index (χ1) is 13.9. The summed E-state index contributed by atoms with van der Waals surface area (Å²) >= 11 is 0. The number of rotatable bonds is 3.